The van der Waals surface area contributed by atoms with Crippen LogP contribution < -0.4 is 9.46 Å². The van der Waals surface area contributed by atoms with Crippen LogP contribution in [-0.2, 0) is 22.9 Å². The smallest absolute Gasteiger partial charge is 0.211 e. The van der Waals surface area contributed by atoms with E-state index in [1.165, 1.54) is 11.1 Å². The molecule has 2 aromatic rings. The lowest BCUT2D eigenvalue weighted by atomic mass is 10.1. The molecule has 0 aliphatic rings. The Morgan fingerprint density at radius 3 is 2.17 bits per heavy atom. The third kappa shape index (κ3) is 6.72. The summed E-state index contributed by atoms with van der Waals surface area (Å²) < 4.78 is 31.8. The second-order valence-corrected chi connectivity index (χ2v) is 7.68. The summed E-state index contributed by atoms with van der Waals surface area (Å²) in [7, 11) is -1.55. The van der Waals surface area contributed by atoms with Gasteiger partial charge in [0.05, 0.1) is 12.9 Å². The number of benzene rings is 2. The lowest BCUT2D eigenvalue weighted by molar-refractivity contribution is 0.414. The van der Waals surface area contributed by atoms with Crippen LogP contribution in [-0.4, -0.2) is 27.8 Å². The number of sulfonamides is 1. The van der Waals surface area contributed by atoms with Crippen LogP contribution in [0.15, 0.2) is 54.6 Å². The first-order valence-electron chi connectivity index (χ1n) is 8.23. The molecule has 0 amide bonds. The number of rotatable bonds is 10. The molecule has 0 fully saturated rings. The minimum absolute atomic E-state index is 0.171. The zero-order valence-electron chi connectivity index (χ0n) is 14.1. The summed E-state index contributed by atoms with van der Waals surface area (Å²) in [6, 6.07) is 17.8. The SMILES string of the molecule is COc1ccc(CCCNS(=O)(=O)CCCc2ccccc2)cc1. The molecular formula is C19H25NO3S. The molecule has 0 unspecified atom stereocenters. The van der Waals surface area contributed by atoms with Gasteiger partial charge in [0.25, 0.3) is 0 Å². The van der Waals surface area contributed by atoms with Gasteiger partial charge >= 0.3 is 0 Å². The van der Waals surface area contributed by atoms with Crippen LogP contribution in [0.2, 0.25) is 0 Å². The van der Waals surface area contributed by atoms with E-state index in [1.54, 1.807) is 7.11 Å². The Bertz CT molecular complexity index is 697. The first kappa shape index (κ1) is 18.5. The van der Waals surface area contributed by atoms with Crippen molar-refractivity contribution < 1.29 is 13.2 Å². The van der Waals surface area contributed by atoms with Gasteiger partial charge in [0, 0.05) is 6.54 Å². The first-order chi connectivity index (χ1) is 11.6. The van der Waals surface area contributed by atoms with E-state index in [0.717, 1.165) is 25.0 Å². The van der Waals surface area contributed by atoms with Gasteiger partial charge in [0.1, 0.15) is 5.75 Å². The largest absolute Gasteiger partial charge is 0.497 e. The summed E-state index contributed by atoms with van der Waals surface area (Å²) in [4.78, 5) is 0. The van der Waals surface area contributed by atoms with Crippen molar-refractivity contribution in [3.05, 3.63) is 65.7 Å². The maximum atomic E-state index is 12.0. The van der Waals surface area contributed by atoms with E-state index in [2.05, 4.69) is 4.72 Å². The average molecular weight is 347 g/mol. The number of nitrogens with one attached hydrogen (secondary N) is 1. The molecule has 0 aliphatic carbocycles. The van der Waals surface area contributed by atoms with E-state index in [0.29, 0.717) is 13.0 Å². The number of hydrogen-bond donors (Lipinski definition) is 1. The maximum Gasteiger partial charge on any atom is 0.211 e. The molecule has 0 bridgehead atoms. The molecule has 0 atom stereocenters. The minimum atomic E-state index is -3.19. The number of aryl methyl sites for hydroxylation is 2. The van der Waals surface area contributed by atoms with Gasteiger partial charge in [-0.3, -0.25) is 0 Å². The van der Waals surface area contributed by atoms with Gasteiger partial charge < -0.3 is 4.74 Å². The topological polar surface area (TPSA) is 55.4 Å². The van der Waals surface area contributed by atoms with Gasteiger partial charge in [-0.1, -0.05) is 42.5 Å². The molecule has 4 nitrogen and oxygen atoms in total. The van der Waals surface area contributed by atoms with E-state index in [9.17, 15) is 8.42 Å². The third-order valence-corrected chi connectivity index (χ3v) is 5.31. The predicted molar refractivity (Wildman–Crippen MR) is 97.9 cm³/mol. The van der Waals surface area contributed by atoms with Crippen LogP contribution in [0.25, 0.3) is 0 Å². The van der Waals surface area contributed by atoms with E-state index in [-0.39, 0.29) is 5.75 Å². The highest BCUT2D eigenvalue weighted by Crippen LogP contribution is 2.12. The van der Waals surface area contributed by atoms with Gasteiger partial charge in [-0.25, -0.2) is 13.1 Å². The molecule has 0 aromatic heterocycles. The Hall–Kier alpha value is -1.85. The second-order valence-electron chi connectivity index (χ2n) is 5.75. The lowest BCUT2D eigenvalue weighted by Crippen LogP contribution is -2.27. The van der Waals surface area contributed by atoms with Crippen molar-refractivity contribution >= 4 is 10.0 Å². The Morgan fingerprint density at radius 1 is 0.875 bits per heavy atom. The highest BCUT2D eigenvalue weighted by Gasteiger charge is 2.09. The van der Waals surface area contributed by atoms with Crippen LogP contribution in [0.5, 0.6) is 5.75 Å². The molecule has 0 radical (unpaired) electrons. The fourth-order valence-electron chi connectivity index (χ4n) is 2.50. The summed E-state index contributed by atoms with van der Waals surface area (Å²) in [5, 5.41) is 0. The molecule has 0 spiro atoms. The normalized spacial score (nSPS) is 11.4. The molecule has 1 N–H and O–H groups in total. The van der Waals surface area contributed by atoms with Gasteiger partial charge in [-0.05, 0) is 48.9 Å². The molecule has 2 rings (SSSR count). The third-order valence-electron chi connectivity index (χ3n) is 3.84. The summed E-state index contributed by atoms with van der Waals surface area (Å²) in [5.41, 5.74) is 2.35. The highest BCUT2D eigenvalue weighted by molar-refractivity contribution is 7.89. The Kier molecular flexibility index (Phi) is 7.28. The monoisotopic (exact) mass is 347 g/mol. The van der Waals surface area contributed by atoms with Gasteiger partial charge in [-0.2, -0.15) is 0 Å². The van der Waals surface area contributed by atoms with Crippen LogP contribution >= 0.6 is 0 Å². The molecule has 2 aromatic carbocycles. The van der Waals surface area contributed by atoms with Crippen LogP contribution in [0, 0.1) is 0 Å². The minimum Gasteiger partial charge on any atom is -0.497 e. The van der Waals surface area contributed by atoms with Gasteiger partial charge in [0.2, 0.25) is 10.0 Å². The first-order valence-corrected chi connectivity index (χ1v) is 9.88. The van der Waals surface area contributed by atoms with E-state index >= 15 is 0 Å². The van der Waals surface area contributed by atoms with Crippen molar-refractivity contribution in [2.24, 2.45) is 0 Å². The standard InChI is InChI=1S/C19H25NO3S/c1-23-19-13-11-18(12-14-19)9-5-15-20-24(21,22)16-6-10-17-7-3-2-4-8-17/h2-4,7-8,11-14,20H,5-6,9-10,15-16H2,1H3. The molecule has 130 valence electrons. The van der Waals surface area contributed by atoms with E-state index in [1.807, 2.05) is 54.6 Å². The second kappa shape index (κ2) is 9.45. The summed E-state index contributed by atoms with van der Waals surface area (Å²) >= 11 is 0. The van der Waals surface area contributed by atoms with Crippen molar-refractivity contribution in [1.82, 2.24) is 4.72 Å². The highest BCUT2D eigenvalue weighted by atomic mass is 32.2. The Balaban J connectivity index is 1.64. The fraction of sp³-hybridized carbons (Fsp3) is 0.368. The van der Waals surface area contributed by atoms with Gasteiger partial charge in [0.15, 0.2) is 0 Å². The number of hydrogen-bond acceptors (Lipinski definition) is 3. The Morgan fingerprint density at radius 2 is 1.50 bits per heavy atom. The summed E-state index contributed by atoms with van der Waals surface area (Å²) in [5.74, 6) is 1.00. The number of methoxy groups -OCH3 is 1. The molecule has 0 saturated carbocycles. The zero-order valence-corrected chi connectivity index (χ0v) is 14.9. The molecule has 0 heterocycles. The van der Waals surface area contributed by atoms with Gasteiger partial charge in [-0.15, -0.1) is 0 Å². The van der Waals surface area contributed by atoms with Crippen molar-refractivity contribution in [1.29, 1.82) is 0 Å². The van der Waals surface area contributed by atoms with E-state index in [4.69, 9.17) is 4.74 Å². The molecule has 5 heteroatoms. The van der Waals surface area contributed by atoms with Crippen molar-refractivity contribution in [3.8, 4) is 5.75 Å². The molecular weight excluding hydrogens is 322 g/mol. The van der Waals surface area contributed by atoms with Crippen molar-refractivity contribution in [2.75, 3.05) is 19.4 Å². The zero-order chi connectivity index (χ0) is 17.3. The van der Waals surface area contributed by atoms with Crippen molar-refractivity contribution in [2.45, 2.75) is 25.7 Å². The summed E-state index contributed by atoms with van der Waals surface area (Å²) in [6.45, 7) is 0.472. The Labute approximate surface area is 144 Å². The molecule has 24 heavy (non-hydrogen) atoms. The van der Waals surface area contributed by atoms with Crippen LogP contribution in [0.1, 0.15) is 24.0 Å². The quantitative estimate of drug-likeness (QED) is 0.672. The summed E-state index contributed by atoms with van der Waals surface area (Å²) in [6.07, 6.45) is 3.05. The lowest BCUT2D eigenvalue weighted by Gasteiger charge is -2.07. The predicted octanol–water partition coefficient (Wildman–Crippen LogP) is 3.18. The number of ether oxygens (including phenoxy) is 1. The van der Waals surface area contributed by atoms with E-state index < -0.39 is 10.0 Å². The van der Waals surface area contributed by atoms with Crippen molar-refractivity contribution in [3.63, 3.8) is 0 Å². The molecule has 0 saturated heterocycles. The molecule has 0 aliphatic heterocycles. The average Bonchev–Trinajstić information content (AvgIpc) is 2.60. The maximum absolute atomic E-state index is 12.0. The fourth-order valence-corrected chi connectivity index (χ4v) is 3.62. The van der Waals surface area contributed by atoms with Crippen LogP contribution in [0.4, 0.5) is 0 Å². The van der Waals surface area contributed by atoms with Crippen LogP contribution in [0.3, 0.4) is 0 Å².